The Balaban J connectivity index is 1.43. The molecule has 0 saturated heterocycles. The molecule has 0 bridgehead atoms. The van der Waals surface area contributed by atoms with Crippen LogP contribution in [0, 0.1) is 6.92 Å². The van der Waals surface area contributed by atoms with E-state index in [9.17, 15) is 8.42 Å². The minimum absolute atomic E-state index is 0.0915. The maximum Gasteiger partial charge on any atom is 0.241 e. The molecular weight excluding hydrogens is 402 g/mol. The molecule has 0 atom stereocenters. The molecule has 2 aromatic carbocycles. The second-order valence-electron chi connectivity index (χ2n) is 7.22. The van der Waals surface area contributed by atoms with Gasteiger partial charge in [-0.3, -0.25) is 4.99 Å². The van der Waals surface area contributed by atoms with Crippen molar-refractivity contribution in [3.63, 3.8) is 0 Å². The molecule has 8 heteroatoms. The molecule has 3 heterocycles. The molecule has 154 valence electrons. The Morgan fingerprint density at radius 3 is 2.70 bits per heavy atom. The molecule has 0 fully saturated rings. The lowest BCUT2D eigenvalue weighted by Crippen LogP contribution is -2.31. The standard InChI is InChI=1S/C22H21N3O4S/c1-15-6-8-20-18(23-13-16-4-2-3-5-19(16)25(15)20)14-24-30(26,27)17-7-9-21-22(12-17)29-11-10-28-21/h2-9,12,24H,10-11,13-14H2,1H3. The third-order valence-corrected chi connectivity index (χ3v) is 6.70. The third kappa shape index (κ3) is 3.28. The summed E-state index contributed by atoms with van der Waals surface area (Å²) in [5.74, 6) is 0.996. The summed E-state index contributed by atoms with van der Waals surface area (Å²) < 4.78 is 41.6. The highest BCUT2D eigenvalue weighted by Crippen LogP contribution is 2.32. The number of nitrogens with one attached hydrogen (secondary N) is 1. The Hall–Kier alpha value is -3.10. The van der Waals surface area contributed by atoms with Gasteiger partial charge in [0.25, 0.3) is 0 Å². The first kappa shape index (κ1) is 18.9. The van der Waals surface area contributed by atoms with Crippen LogP contribution in [-0.4, -0.2) is 38.5 Å². The zero-order valence-corrected chi connectivity index (χ0v) is 17.3. The predicted octanol–water partition coefficient (Wildman–Crippen LogP) is 2.84. The first-order chi connectivity index (χ1) is 14.5. The van der Waals surface area contributed by atoms with Gasteiger partial charge in [0.15, 0.2) is 11.5 Å². The lowest BCUT2D eigenvalue weighted by Gasteiger charge is -2.19. The summed E-state index contributed by atoms with van der Waals surface area (Å²) in [5, 5.41) is 0. The fourth-order valence-electron chi connectivity index (χ4n) is 3.79. The molecule has 0 radical (unpaired) electrons. The van der Waals surface area contributed by atoms with Gasteiger partial charge < -0.3 is 14.0 Å². The monoisotopic (exact) mass is 423 g/mol. The van der Waals surface area contributed by atoms with Crippen LogP contribution >= 0.6 is 0 Å². The van der Waals surface area contributed by atoms with Crippen LogP contribution in [0.25, 0.3) is 5.69 Å². The lowest BCUT2D eigenvalue weighted by molar-refractivity contribution is 0.171. The first-order valence-corrected chi connectivity index (χ1v) is 11.2. The number of rotatable bonds is 4. The van der Waals surface area contributed by atoms with Gasteiger partial charge in [0, 0.05) is 11.8 Å². The van der Waals surface area contributed by atoms with Gasteiger partial charge >= 0.3 is 0 Å². The quantitative estimate of drug-likeness (QED) is 0.700. The van der Waals surface area contributed by atoms with E-state index in [2.05, 4.69) is 15.4 Å². The highest BCUT2D eigenvalue weighted by Gasteiger charge is 2.23. The molecule has 3 aromatic rings. The van der Waals surface area contributed by atoms with Crippen molar-refractivity contribution in [3.05, 3.63) is 71.5 Å². The van der Waals surface area contributed by atoms with E-state index < -0.39 is 10.0 Å². The maximum absolute atomic E-state index is 12.9. The number of hydrogen-bond donors (Lipinski definition) is 1. The average molecular weight is 423 g/mol. The summed E-state index contributed by atoms with van der Waals surface area (Å²) in [6.07, 6.45) is 0. The molecule has 0 aliphatic carbocycles. The molecule has 0 saturated carbocycles. The number of para-hydroxylation sites is 1. The Morgan fingerprint density at radius 2 is 1.83 bits per heavy atom. The number of aromatic nitrogens is 1. The lowest BCUT2D eigenvalue weighted by atomic mass is 10.1. The van der Waals surface area contributed by atoms with Crippen molar-refractivity contribution in [1.82, 2.24) is 9.29 Å². The van der Waals surface area contributed by atoms with Gasteiger partial charge in [0.05, 0.1) is 35.1 Å². The molecule has 7 nitrogen and oxygen atoms in total. The Kier molecular flexibility index (Phi) is 4.60. The van der Waals surface area contributed by atoms with Crippen molar-refractivity contribution in [1.29, 1.82) is 0 Å². The molecule has 2 aliphatic heterocycles. The number of hydrogen-bond acceptors (Lipinski definition) is 5. The smallest absolute Gasteiger partial charge is 0.241 e. The number of aryl methyl sites for hydroxylation is 1. The van der Waals surface area contributed by atoms with Crippen LogP contribution in [0.15, 0.2) is 64.5 Å². The fourth-order valence-corrected chi connectivity index (χ4v) is 4.79. The van der Waals surface area contributed by atoms with E-state index in [4.69, 9.17) is 14.5 Å². The van der Waals surface area contributed by atoms with Gasteiger partial charge in [0.2, 0.25) is 10.0 Å². The second kappa shape index (κ2) is 7.30. The van der Waals surface area contributed by atoms with Crippen molar-refractivity contribution >= 4 is 15.7 Å². The zero-order valence-electron chi connectivity index (χ0n) is 16.5. The highest BCUT2D eigenvalue weighted by molar-refractivity contribution is 7.89. The Bertz CT molecular complexity index is 1260. The van der Waals surface area contributed by atoms with Crippen LogP contribution in [0.3, 0.4) is 0 Å². The molecule has 1 N–H and O–H groups in total. The molecule has 0 unspecified atom stereocenters. The van der Waals surface area contributed by atoms with Crippen LogP contribution in [0.2, 0.25) is 0 Å². The fraction of sp³-hybridized carbons (Fsp3) is 0.227. The predicted molar refractivity (Wildman–Crippen MR) is 113 cm³/mol. The largest absolute Gasteiger partial charge is 0.486 e. The van der Waals surface area contributed by atoms with Crippen LogP contribution in [0.5, 0.6) is 11.5 Å². The van der Waals surface area contributed by atoms with Gasteiger partial charge in [0.1, 0.15) is 13.2 Å². The molecule has 2 aliphatic rings. The van der Waals surface area contributed by atoms with E-state index in [1.807, 2.05) is 37.3 Å². The van der Waals surface area contributed by atoms with Gasteiger partial charge in [-0.05, 0) is 42.8 Å². The van der Waals surface area contributed by atoms with E-state index in [1.54, 1.807) is 6.07 Å². The maximum atomic E-state index is 12.9. The Labute approximate surface area is 175 Å². The first-order valence-electron chi connectivity index (χ1n) is 9.72. The topological polar surface area (TPSA) is 81.9 Å². The van der Waals surface area contributed by atoms with Crippen LogP contribution in [0.1, 0.15) is 17.0 Å². The number of ether oxygens (including phenoxy) is 2. The van der Waals surface area contributed by atoms with E-state index in [0.717, 1.165) is 22.6 Å². The summed E-state index contributed by atoms with van der Waals surface area (Å²) in [6, 6.07) is 16.7. The summed E-state index contributed by atoms with van der Waals surface area (Å²) in [7, 11) is -3.74. The number of benzene rings is 2. The van der Waals surface area contributed by atoms with Gasteiger partial charge in [-0.1, -0.05) is 18.2 Å². The van der Waals surface area contributed by atoms with Crippen LogP contribution in [-0.2, 0) is 16.6 Å². The van der Waals surface area contributed by atoms with Crippen molar-refractivity contribution in [3.8, 4) is 17.2 Å². The summed E-state index contributed by atoms with van der Waals surface area (Å²) in [4.78, 5) is 4.85. The van der Waals surface area contributed by atoms with Crippen molar-refractivity contribution in [2.45, 2.75) is 18.4 Å². The third-order valence-electron chi connectivity index (χ3n) is 5.30. The number of fused-ring (bicyclic) bond motifs is 4. The molecule has 0 spiro atoms. The number of sulfonamides is 1. The van der Waals surface area contributed by atoms with Gasteiger partial charge in [-0.2, -0.15) is 0 Å². The van der Waals surface area contributed by atoms with E-state index in [-0.39, 0.29) is 11.4 Å². The minimum Gasteiger partial charge on any atom is -0.486 e. The van der Waals surface area contributed by atoms with Crippen molar-refractivity contribution in [2.24, 2.45) is 4.99 Å². The zero-order chi connectivity index (χ0) is 20.7. The summed E-state index contributed by atoms with van der Waals surface area (Å²) in [6.45, 7) is 3.48. The van der Waals surface area contributed by atoms with Crippen molar-refractivity contribution in [2.75, 3.05) is 19.8 Å². The van der Waals surface area contributed by atoms with E-state index in [1.165, 1.54) is 12.1 Å². The van der Waals surface area contributed by atoms with Gasteiger partial charge in [-0.25, -0.2) is 13.1 Å². The average Bonchev–Trinajstić information content (AvgIpc) is 3.06. The number of nitrogens with zero attached hydrogens (tertiary/aromatic N) is 2. The molecule has 1 aromatic heterocycles. The Morgan fingerprint density at radius 1 is 1.03 bits per heavy atom. The second-order valence-corrected chi connectivity index (χ2v) is 8.98. The molecule has 0 amide bonds. The normalized spacial score (nSPS) is 15.0. The van der Waals surface area contributed by atoms with Crippen LogP contribution in [0.4, 0.5) is 0 Å². The molecular formula is C22H21N3O4S. The minimum atomic E-state index is -3.74. The molecule has 30 heavy (non-hydrogen) atoms. The van der Waals surface area contributed by atoms with E-state index >= 15 is 0 Å². The van der Waals surface area contributed by atoms with Gasteiger partial charge in [-0.15, -0.1) is 0 Å². The summed E-state index contributed by atoms with van der Waals surface area (Å²) >= 11 is 0. The van der Waals surface area contributed by atoms with E-state index in [0.29, 0.717) is 37.0 Å². The highest BCUT2D eigenvalue weighted by atomic mass is 32.2. The van der Waals surface area contributed by atoms with Crippen LogP contribution < -0.4 is 14.2 Å². The SMILES string of the molecule is Cc1ccc2n1-c1ccccc1CN=C2CNS(=O)(=O)c1ccc2c(c1)OCCO2. The van der Waals surface area contributed by atoms with Crippen molar-refractivity contribution < 1.29 is 17.9 Å². The summed E-state index contributed by atoms with van der Waals surface area (Å²) in [5.41, 5.74) is 4.83. The number of aliphatic imine (C=N–C) groups is 1. The molecule has 5 rings (SSSR count).